The monoisotopic (exact) mass is 488 g/mol. The molecule has 3 fully saturated rings. The SMILES string of the molecule is O=C(NC1CCC1)c1nnc2n1CCN1CCN(C(=O)C3CC(O)C3)CC21.O=C(O)C(F)(F)F. The lowest BCUT2D eigenvalue weighted by Crippen LogP contribution is -2.56. The molecule has 1 aromatic rings. The zero-order chi connectivity index (χ0) is 24.6. The summed E-state index contributed by atoms with van der Waals surface area (Å²) in [5, 5.41) is 28.2. The molecule has 11 nitrogen and oxygen atoms in total. The summed E-state index contributed by atoms with van der Waals surface area (Å²) < 4.78 is 33.7. The fraction of sp³-hybridized carbons (Fsp3) is 0.750. The maximum absolute atomic E-state index is 12.7. The Balaban J connectivity index is 0.000000344. The third-order valence-electron chi connectivity index (χ3n) is 6.84. The molecule has 1 aromatic heterocycles. The Labute approximate surface area is 192 Å². The zero-order valence-corrected chi connectivity index (χ0v) is 18.4. The van der Waals surface area contributed by atoms with E-state index >= 15 is 0 Å². The molecule has 3 N–H and O–H groups in total. The summed E-state index contributed by atoms with van der Waals surface area (Å²) in [5.41, 5.74) is 0. The number of halogens is 3. The smallest absolute Gasteiger partial charge is 0.475 e. The molecule has 1 atom stereocenters. The van der Waals surface area contributed by atoms with Crippen LogP contribution >= 0.6 is 0 Å². The van der Waals surface area contributed by atoms with E-state index in [0.29, 0.717) is 38.3 Å². The van der Waals surface area contributed by atoms with E-state index in [1.54, 1.807) is 0 Å². The first-order valence-corrected chi connectivity index (χ1v) is 11.3. The van der Waals surface area contributed by atoms with Crippen molar-refractivity contribution >= 4 is 17.8 Å². The van der Waals surface area contributed by atoms with Gasteiger partial charge in [0, 0.05) is 44.7 Å². The van der Waals surface area contributed by atoms with Gasteiger partial charge in [-0.1, -0.05) is 0 Å². The number of carboxylic acid groups (broad SMARTS) is 1. The molecule has 2 aliphatic heterocycles. The van der Waals surface area contributed by atoms with Crippen LogP contribution < -0.4 is 5.32 Å². The Morgan fingerprint density at radius 1 is 1.03 bits per heavy atom. The van der Waals surface area contributed by atoms with Gasteiger partial charge >= 0.3 is 12.1 Å². The van der Waals surface area contributed by atoms with Crippen LogP contribution in [0.4, 0.5) is 13.2 Å². The molecule has 0 radical (unpaired) electrons. The first kappa shape index (κ1) is 24.4. The average Bonchev–Trinajstić information content (AvgIpc) is 3.17. The van der Waals surface area contributed by atoms with Gasteiger partial charge in [-0.2, -0.15) is 13.2 Å². The lowest BCUT2D eigenvalue weighted by atomic mass is 9.81. The molecular formula is C20H27F3N6O5. The fourth-order valence-electron chi connectivity index (χ4n) is 4.56. The van der Waals surface area contributed by atoms with E-state index < -0.39 is 12.1 Å². The molecule has 2 amide bonds. The molecule has 14 heteroatoms. The number of aromatic nitrogens is 3. The van der Waals surface area contributed by atoms with Gasteiger partial charge in [0.25, 0.3) is 5.91 Å². The maximum atomic E-state index is 12.7. The van der Waals surface area contributed by atoms with Crippen LogP contribution in [0, 0.1) is 5.92 Å². The predicted molar refractivity (Wildman–Crippen MR) is 108 cm³/mol. The molecule has 2 aliphatic carbocycles. The Morgan fingerprint density at radius 3 is 2.24 bits per heavy atom. The first-order chi connectivity index (χ1) is 16.0. The fourth-order valence-corrected chi connectivity index (χ4v) is 4.56. The predicted octanol–water partition coefficient (Wildman–Crippen LogP) is 0.164. The maximum Gasteiger partial charge on any atom is 0.490 e. The van der Waals surface area contributed by atoms with Crippen molar-refractivity contribution in [1.29, 1.82) is 0 Å². The summed E-state index contributed by atoms with van der Waals surface area (Å²) in [5.74, 6) is -1.63. The van der Waals surface area contributed by atoms with Gasteiger partial charge in [-0.15, -0.1) is 10.2 Å². The Bertz CT molecular complexity index is 944. The number of carbonyl (C=O) groups is 3. The number of hydrogen-bond donors (Lipinski definition) is 3. The lowest BCUT2D eigenvalue weighted by molar-refractivity contribution is -0.192. The average molecular weight is 488 g/mol. The van der Waals surface area contributed by atoms with Crippen LogP contribution in [0.1, 0.15) is 54.6 Å². The highest BCUT2D eigenvalue weighted by atomic mass is 19.4. The van der Waals surface area contributed by atoms with Crippen molar-refractivity contribution in [2.45, 2.75) is 63.0 Å². The molecule has 0 spiro atoms. The normalized spacial score (nSPS) is 26.7. The molecule has 34 heavy (non-hydrogen) atoms. The van der Waals surface area contributed by atoms with Crippen molar-refractivity contribution < 1.29 is 37.8 Å². The van der Waals surface area contributed by atoms with Gasteiger partial charge in [0.15, 0.2) is 5.82 Å². The largest absolute Gasteiger partial charge is 0.490 e. The number of carboxylic acids is 1. The summed E-state index contributed by atoms with van der Waals surface area (Å²) in [4.78, 5) is 38.3. The summed E-state index contributed by atoms with van der Waals surface area (Å²) >= 11 is 0. The Morgan fingerprint density at radius 2 is 1.68 bits per heavy atom. The molecule has 0 aromatic carbocycles. The molecule has 4 aliphatic rings. The van der Waals surface area contributed by atoms with Crippen molar-refractivity contribution in [3.8, 4) is 0 Å². The number of hydrogen-bond acceptors (Lipinski definition) is 7. The summed E-state index contributed by atoms with van der Waals surface area (Å²) in [6.45, 7) is 3.64. The van der Waals surface area contributed by atoms with Crippen molar-refractivity contribution in [3.05, 3.63) is 11.6 Å². The number of aliphatic hydroxyl groups excluding tert-OH is 1. The molecule has 1 unspecified atom stereocenters. The van der Waals surface area contributed by atoms with Crippen LogP contribution in [0.3, 0.4) is 0 Å². The van der Waals surface area contributed by atoms with Crippen molar-refractivity contribution in [3.63, 3.8) is 0 Å². The minimum atomic E-state index is -5.08. The highest BCUT2D eigenvalue weighted by Gasteiger charge is 2.42. The van der Waals surface area contributed by atoms with Gasteiger partial charge in [-0.05, 0) is 32.1 Å². The van der Waals surface area contributed by atoms with Gasteiger partial charge in [0.05, 0.1) is 12.1 Å². The second kappa shape index (κ2) is 9.49. The number of aliphatic hydroxyl groups is 1. The van der Waals surface area contributed by atoms with E-state index in [2.05, 4.69) is 20.4 Å². The quantitative estimate of drug-likeness (QED) is 0.547. The first-order valence-electron chi connectivity index (χ1n) is 11.3. The van der Waals surface area contributed by atoms with E-state index in [4.69, 9.17) is 9.90 Å². The zero-order valence-electron chi connectivity index (χ0n) is 18.4. The number of nitrogens with zero attached hydrogens (tertiary/aromatic N) is 5. The van der Waals surface area contributed by atoms with Crippen LogP contribution in [0.5, 0.6) is 0 Å². The molecular weight excluding hydrogens is 461 g/mol. The Hall–Kier alpha value is -2.74. The van der Waals surface area contributed by atoms with Crippen molar-refractivity contribution in [1.82, 2.24) is 29.9 Å². The number of rotatable bonds is 3. The van der Waals surface area contributed by atoms with Crippen LogP contribution in [0.15, 0.2) is 0 Å². The second-order valence-electron chi connectivity index (χ2n) is 9.10. The standard InChI is InChI=1S/C18H26N6O3.C2HF3O2/c25-13-8-11(9-13)18(27)23-5-4-22-6-7-24-15(14(22)10-23)20-21-16(24)17(26)19-12-2-1-3-12;3-2(4,5)1(6)7/h11-14,25H,1-10H2,(H,19,26);(H,6,7). The van der Waals surface area contributed by atoms with Gasteiger partial charge in [0.1, 0.15) is 0 Å². The number of piperazine rings is 1. The number of aliphatic carboxylic acids is 1. The highest BCUT2D eigenvalue weighted by molar-refractivity contribution is 5.91. The van der Waals surface area contributed by atoms with Crippen LogP contribution in [0.25, 0.3) is 0 Å². The molecule has 2 saturated carbocycles. The number of alkyl halides is 3. The lowest BCUT2D eigenvalue weighted by Gasteiger charge is -2.45. The molecule has 0 bridgehead atoms. The van der Waals surface area contributed by atoms with Crippen LogP contribution in [-0.2, 0) is 16.1 Å². The van der Waals surface area contributed by atoms with E-state index in [1.807, 2.05) is 9.47 Å². The number of fused-ring (bicyclic) bond motifs is 3. The summed E-state index contributed by atoms with van der Waals surface area (Å²) in [6.07, 6.45) is -1.01. The highest BCUT2D eigenvalue weighted by Crippen LogP contribution is 2.33. The van der Waals surface area contributed by atoms with Crippen molar-refractivity contribution in [2.24, 2.45) is 5.92 Å². The topological polar surface area (TPSA) is 141 Å². The van der Waals surface area contributed by atoms with Gasteiger partial charge in [-0.25, -0.2) is 4.79 Å². The Kier molecular flexibility index (Phi) is 6.80. The number of carbonyl (C=O) groups excluding carboxylic acids is 2. The van der Waals surface area contributed by atoms with Crippen LogP contribution in [-0.4, -0.2) is 97.1 Å². The number of nitrogens with one attached hydrogen (secondary N) is 1. The molecule has 3 heterocycles. The molecule has 188 valence electrons. The molecule has 1 saturated heterocycles. The van der Waals surface area contributed by atoms with Crippen molar-refractivity contribution in [2.75, 3.05) is 26.2 Å². The van der Waals surface area contributed by atoms with Crippen LogP contribution in [0.2, 0.25) is 0 Å². The third kappa shape index (κ3) is 5.02. The van der Waals surface area contributed by atoms with E-state index in [9.17, 15) is 27.9 Å². The minimum absolute atomic E-state index is 0.0146. The van der Waals surface area contributed by atoms with E-state index in [1.165, 1.54) is 6.42 Å². The molecule has 5 rings (SSSR count). The van der Waals surface area contributed by atoms with Gasteiger partial charge in [0.2, 0.25) is 11.7 Å². The minimum Gasteiger partial charge on any atom is -0.475 e. The second-order valence-corrected chi connectivity index (χ2v) is 9.10. The van der Waals surface area contributed by atoms with Gasteiger partial charge in [-0.3, -0.25) is 14.5 Å². The number of amides is 2. The summed E-state index contributed by atoms with van der Waals surface area (Å²) in [7, 11) is 0. The third-order valence-corrected chi connectivity index (χ3v) is 6.84. The van der Waals surface area contributed by atoms with E-state index in [-0.39, 0.29) is 35.9 Å². The van der Waals surface area contributed by atoms with E-state index in [0.717, 1.165) is 31.8 Å². The summed E-state index contributed by atoms with van der Waals surface area (Å²) in [6, 6.07) is 0.255. The van der Waals surface area contributed by atoms with Gasteiger partial charge < -0.3 is 25.0 Å².